The molecular weight excluding hydrogens is 500 g/mol. The number of nitrogens with zero attached hydrogens (tertiary/aromatic N) is 3. The summed E-state index contributed by atoms with van der Waals surface area (Å²) in [6.07, 6.45) is 2.27. The predicted molar refractivity (Wildman–Crippen MR) is 136 cm³/mol. The van der Waals surface area contributed by atoms with Crippen LogP contribution in [0, 0.1) is 6.92 Å². The van der Waals surface area contributed by atoms with E-state index in [2.05, 4.69) is 50.2 Å². The number of halogens is 1. The van der Waals surface area contributed by atoms with E-state index in [0.29, 0.717) is 11.6 Å². The third-order valence-corrected chi connectivity index (χ3v) is 6.80. The lowest BCUT2D eigenvalue weighted by molar-refractivity contribution is -0.130. The molecule has 1 unspecified atom stereocenters. The molecule has 1 amide bonds. The maximum Gasteiger partial charge on any atom is 0.253 e. The molecule has 1 aliphatic heterocycles. The average Bonchev–Trinajstić information content (AvgIpc) is 3.24. The fraction of sp³-hybridized carbons (Fsp3) is 0.280. The van der Waals surface area contributed by atoms with Crippen molar-refractivity contribution in [2.75, 3.05) is 5.75 Å². The van der Waals surface area contributed by atoms with Gasteiger partial charge in [-0.05, 0) is 36.6 Å². The number of hydrogen-bond donors (Lipinski definition) is 1. The summed E-state index contributed by atoms with van der Waals surface area (Å²) in [7, 11) is 0. The summed E-state index contributed by atoms with van der Waals surface area (Å²) in [6, 6.07) is 17.5. The highest BCUT2D eigenvalue weighted by Crippen LogP contribution is 2.34. The zero-order chi connectivity index (χ0) is 23.4. The summed E-state index contributed by atoms with van der Waals surface area (Å²) in [6.45, 7) is 4.08. The van der Waals surface area contributed by atoms with Crippen LogP contribution in [0.2, 0.25) is 0 Å². The van der Waals surface area contributed by atoms with Crippen molar-refractivity contribution in [2.24, 2.45) is 5.10 Å². The number of nitrogens with one attached hydrogen (secondary N) is 1. The molecule has 1 N–H and O–H groups in total. The van der Waals surface area contributed by atoms with E-state index in [9.17, 15) is 9.59 Å². The van der Waals surface area contributed by atoms with Crippen LogP contribution >= 0.6 is 27.7 Å². The van der Waals surface area contributed by atoms with Gasteiger partial charge in [0, 0.05) is 22.7 Å². The Morgan fingerprint density at radius 2 is 1.91 bits per heavy atom. The molecule has 3 aromatic rings. The van der Waals surface area contributed by atoms with Crippen LogP contribution in [0.25, 0.3) is 0 Å². The number of H-pyrrole nitrogens is 1. The number of aryl methyl sites for hydroxylation is 2. The van der Waals surface area contributed by atoms with Crippen molar-refractivity contribution in [3.63, 3.8) is 0 Å². The highest BCUT2D eigenvalue weighted by molar-refractivity contribution is 9.10. The van der Waals surface area contributed by atoms with E-state index in [1.165, 1.54) is 23.4 Å². The lowest BCUT2D eigenvalue weighted by Crippen LogP contribution is -2.28. The quantitative estimate of drug-likeness (QED) is 0.337. The number of carbonyl (C=O) groups is 1. The first-order valence-corrected chi connectivity index (χ1v) is 12.7. The summed E-state index contributed by atoms with van der Waals surface area (Å²) < 4.78 is 0.996. The van der Waals surface area contributed by atoms with Gasteiger partial charge in [-0.15, -0.1) is 0 Å². The van der Waals surface area contributed by atoms with Crippen LogP contribution in [0.4, 0.5) is 0 Å². The van der Waals surface area contributed by atoms with Crippen LogP contribution < -0.4 is 5.56 Å². The Bertz CT molecular complexity index is 1220. The van der Waals surface area contributed by atoms with Crippen molar-refractivity contribution in [1.29, 1.82) is 0 Å². The summed E-state index contributed by atoms with van der Waals surface area (Å²) in [5.41, 5.74) is 4.63. The first-order chi connectivity index (χ1) is 15.9. The molecule has 8 heteroatoms. The third-order valence-electron chi connectivity index (χ3n) is 5.42. The van der Waals surface area contributed by atoms with Crippen LogP contribution in [0.5, 0.6) is 0 Å². The Hall–Kier alpha value is -2.71. The lowest BCUT2D eigenvalue weighted by atomic mass is 9.98. The molecule has 0 saturated carbocycles. The molecule has 170 valence electrons. The van der Waals surface area contributed by atoms with Crippen molar-refractivity contribution in [2.45, 2.75) is 44.3 Å². The SMILES string of the molecule is CCCc1cc(=O)[nH]c(SCC(=O)N2N=C(c3ccc(Br)cc3)CC2c2ccc(C)cc2)n1. The Labute approximate surface area is 205 Å². The van der Waals surface area contributed by atoms with Gasteiger partial charge in [0.05, 0.1) is 17.5 Å². The average molecular weight is 525 g/mol. The Morgan fingerprint density at radius 3 is 2.61 bits per heavy atom. The first-order valence-electron chi connectivity index (χ1n) is 10.9. The highest BCUT2D eigenvalue weighted by atomic mass is 79.9. The minimum absolute atomic E-state index is 0.124. The number of thioether (sulfide) groups is 1. The highest BCUT2D eigenvalue weighted by Gasteiger charge is 2.33. The molecule has 2 aromatic carbocycles. The molecule has 0 spiro atoms. The maximum absolute atomic E-state index is 13.3. The number of rotatable bonds is 7. The summed E-state index contributed by atoms with van der Waals surface area (Å²) in [5.74, 6) is 0.0130. The molecule has 6 nitrogen and oxygen atoms in total. The van der Waals surface area contributed by atoms with Crippen molar-refractivity contribution in [3.05, 3.63) is 91.8 Å². The second kappa shape index (κ2) is 10.5. The van der Waals surface area contributed by atoms with E-state index >= 15 is 0 Å². The van der Waals surface area contributed by atoms with E-state index in [1.54, 1.807) is 5.01 Å². The normalized spacial score (nSPS) is 15.5. The van der Waals surface area contributed by atoms with Crippen molar-refractivity contribution in [3.8, 4) is 0 Å². The second-order valence-electron chi connectivity index (χ2n) is 8.00. The van der Waals surface area contributed by atoms with Gasteiger partial charge in [-0.3, -0.25) is 9.59 Å². The van der Waals surface area contributed by atoms with Gasteiger partial charge in [0.15, 0.2) is 5.16 Å². The number of amides is 1. The molecule has 0 bridgehead atoms. The molecule has 1 atom stereocenters. The topological polar surface area (TPSA) is 78.4 Å². The van der Waals surface area contributed by atoms with Gasteiger partial charge in [-0.1, -0.05) is 83.0 Å². The van der Waals surface area contributed by atoms with Gasteiger partial charge >= 0.3 is 0 Å². The van der Waals surface area contributed by atoms with Gasteiger partial charge in [-0.2, -0.15) is 5.10 Å². The van der Waals surface area contributed by atoms with Crippen LogP contribution in [-0.4, -0.2) is 32.3 Å². The molecule has 0 radical (unpaired) electrons. The number of hydrazone groups is 1. The van der Waals surface area contributed by atoms with Gasteiger partial charge < -0.3 is 4.98 Å². The van der Waals surface area contributed by atoms with Crippen LogP contribution in [0.1, 0.15) is 48.2 Å². The minimum Gasteiger partial charge on any atom is -0.301 e. The Balaban J connectivity index is 1.57. The molecule has 0 fully saturated rings. The molecule has 0 aliphatic carbocycles. The zero-order valence-corrected chi connectivity index (χ0v) is 20.9. The smallest absolute Gasteiger partial charge is 0.253 e. The zero-order valence-electron chi connectivity index (χ0n) is 18.5. The molecule has 1 aliphatic rings. The van der Waals surface area contributed by atoms with Crippen LogP contribution in [0.15, 0.2) is 74.1 Å². The molecule has 2 heterocycles. The fourth-order valence-corrected chi connectivity index (χ4v) is 4.75. The summed E-state index contributed by atoms with van der Waals surface area (Å²) in [4.78, 5) is 32.4. The van der Waals surface area contributed by atoms with E-state index in [4.69, 9.17) is 5.10 Å². The number of hydrogen-bond acceptors (Lipinski definition) is 5. The van der Waals surface area contributed by atoms with E-state index < -0.39 is 0 Å². The minimum atomic E-state index is -0.197. The summed E-state index contributed by atoms with van der Waals surface area (Å²) >= 11 is 4.70. The lowest BCUT2D eigenvalue weighted by Gasteiger charge is -2.22. The van der Waals surface area contributed by atoms with Crippen molar-refractivity contribution >= 4 is 39.3 Å². The fourth-order valence-electron chi connectivity index (χ4n) is 3.74. The molecule has 1 aromatic heterocycles. The second-order valence-corrected chi connectivity index (χ2v) is 9.88. The van der Waals surface area contributed by atoms with Crippen molar-refractivity contribution < 1.29 is 4.79 Å². The number of benzene rings is 2. The first kappa shape index (κ1) is 23.4. The Kier molecular flexibility index (Phi) is 7.45. The summed E-state index contributed by atoms with van der Waals surface area (Å²) in [5, 5.41) is 6.77. The van der Waals surface area contributed by atoms with Gasteiger partial charge in [-0.25, -0.2) is 9.99 Å². The van der Waals surface area contributed by atoms with Crippen molar-refractivity contribution in [1.82, 2.24) is 15.0 Å². The van der Waals surface area contributed by atoms with Gasteiger partial charge in [0.2, 0.25) is 0 Å². The van der Waals surface area contributed by atoms with Crippen LogP contribution in [0.3, 0.4) is 0 Å². The predicted octanol–water partition coefficient (Wildman–Crippen LogP) is 5.26. The molecule has 4 rings (SSSR count). The van der Waals surface area contributed by atoms with Crippen LogP contribution in [-0.2, 0) is 11.2 Å². The molecule has 0 saturated heterocycles. The standard InChI is InChI=1S/C25H25BrN4O2S/c1-3-4-20-13-23(31)28-25(27-20)33-15-24(32)30-22(18-7-5-16(2)6-8-18)14-21(29-30)17-9-11-19(26)12-10-17/h5-13,22H,3-4,14-15H2,1-2H3,(H,27,28,31). The van der Waals surface area contributed by atoms with E-state index in [0.717, 1.165) is 39.8 Å². The van der Waals surface area contributed by atoms with E-state index in [-0.39, 0.29) is 23.3 Å². The number of carbonyl (C=O) groups excluding carboxylic acids is 1. The van der Waals surface area contributed by atoms with Gasteiger partial charge in [0.25, 0.3) is 11.5 Å². The monoisotopic (exact) mass is 524 g/mol. The molecule has 33 heavy (non-hydrogen) atoms. The number of aromatic nitrogens is 2. The number of aromatic amines is 1. The Morgan fingerprint density at radius 1 is 1.18 bits per heavy atom. The van der Waals surface area contributed by atoms with E-state index in [1.807, 2.05) is 38.1 Å². The van der Waals surface area contributed by atoms with Gasteiger partial charge in [0.1, 0.15) is 0 Å². The third kappa shape index (κ3) is 5.81. The largest absolute Gasteiger partial charge is 0.301 e. The maximum atomic E-state index is 13.3. The molecular formula is C25H25BrN4O2S.